The summed E-state index contributed by atoms with van der Waals surface area (Å²) in [7, 11) is 0. The fourth-order valence-electron chi connectivity index (χ4n) is 3.38. The smallest absolute Gasteiger partial charge is 0.379 e. The highest BCUT2D eigenvalue weighted by atomic mass is 19.4. The van der Waals surface area contributed by atoms with Crippen LogP contribution < -0.4 is 10.2 Å². The van der Waals surface area contributed by atoms with Crippen LogP contribution in [0, 0.1) is 0 Å². The van der Waals surface area contributed by atoms with E-state index in [4.69, 9.17) is 0 Å². The minimum Gasteiger partial charge on any atom is -0.379 e. The number of alkyl halides is 9. The fourth-order valence-corrected chi connectivity index (χ4v) is 3.38. The van der Waals surface area contributed by atoms with Gasteiger partial charge >= 0.3 is 18.5 Å². The molecule has 0 spiro atoms. The highest BCUT2D eigenvalue weighted by Crippen LogP contribution is 2.39. The van der Waals surface area contributed by atoms with Gasteiger partial charge in [-0.25, -0.2) is 4.98 Å². The van der Waals surface area contributed by atoms with Crippen LogP contribution in [0.15, 0.2) is 36.5 Å². The van der Waals surface area contributed by atoms with Crippen LogP contribution in [-0.2, 0) is 12.4 Å². The molecule has 0 bridgehead atoms. The Bertz CT molecular complexity index is 1300. The predicted octanol–water partition coefficient (Wildman–Crippen LogP) is 4.61. The number of hydrogen-bond acceptors (Lipinski definition) is 8. The molecule has 37 heavy (non-hydrogen) atoms. The summed E-state index contributed by atoms with van der Waals surface area (Å²) in [4.78, 5) is 19.3. The molecule has 1 unspecified atom stereocenters. The van der Waals surface area contributed by atoms with Gasteiger partial charge in [0.1, 0.15) is 17.1 Å². The highest BCUT2D eigenvalue weighted by molar-refractivity contribution is 5.59. The van der Waals surface area contributed by atoms with Gasteiger partial charge in [0.05, 0.1) is 6.54 Å². The maximum absolute atomic E-state index is 13.3. The molecule has 0 amide bonds. The third-order valence-electron chi connectivity index (χ3n) is 5.26. The Morgan fingerprint density at radius 3 is 2.19 bits per heavy atom. The SMILES string of the molecule is OC1(C(F)(F)F)CCN(c2nc(Nc3ccnc(C(F)(F)F)c3)nc(-c3cccc(C(F)(F)F)n3)n2)C1. The molecule has 0 aromatic carbocycles. The van der Waals surface area contributed by atoms with Crippen molar-refractivity contribution in [3.8, 4) is 11.5 Å². The van der Waals surface area contributed by atoms with E-state index in [2.05, 4.69) is 30.2 Å². The first kappa shape index (κ1) is 26.3. The lowest BCUT2D eigenvalue weighted by molar-refractivity contribution is -0.250. The van der Waals surface area contributed by atoms with Crippen molar-refractivity contribution in [2.75, 3.05) is 23.3 Å². The van der Waals surface area contributed by atoms with E-state index in [1.54, 1.807) is 0 Å². The van der Waals surface area contributed by atoms with E-state index in [0.717, 1.165) is 29.3 Å². The zero-order valence-electron chi connectivity index (χ0n) is 18.1. The number of nitrogens with zero attached hydrogens (tertiary/aromatic N) is 6. The number of aliphatic hydroxyl groups is 1. The van der Waals surface area contributed by atoms with Gasteiger partial charge in [-0.3, -0.25) is 4.98 Å². The van der Waals surface area contributed by atoms with Gasteiger partial charge in [-0.2, -0.15) is 54.5 Å². The maximum Gasteiger partial charge on any atom is 0.433 e. The van der Waals surface area contributed by atoms with Gasteiger partial charge < -0.3 is 15.3 Å². The van der Waals surface area contributed by atoms with Crippen molar-refractivity contribution in [3.63, 3.8) is 0 Å². The molecular formula is C20H14F9N7O. The van der Waals surface area contributed by atoms with Crippen LogP contribution in [0.1, 0.15) is 17.8 Å². The summed E-state index contributed by atoms with van der Waals surface area (Å²) >= 11 is 0. The normalized spacial score (nSPS) is 18.8. The van der Waals surface area contributed by atoms with Crippen molar-refractivity contribution in [1.82, 2.24) is 24.9 Å². The van der Waals surface area contributed by atoms with Crippen molar-refractivity contribution in [3.05, 3.63) is 47.9 Å². The number of rotatable bonds is 4. The largest absolute Gasteiger partial charge is 0.433 e. The molecule has 17 heteroatoms. The van der Waals surface area contributed by atoms with Crippen LogP contribution in [0.2, 0.25) is 0 Å². The Morgan fingerprint density at radius 2 is 1.57 bits per heavy atom. The molecule has 8 nitrogen and oxygen atoms in total. The number of halogens is 9. The lowest BCUT2D eigenvalue weighted by atomic mass is 10.0. The molecule has 1 fully saturated rings. The minimum absolute atomic E-state index is 0.226. The molecule has 2 N–H and O–H groups in total. The van der Waals surface area contributed by atoms with E-state index in [9.17, 15) is 44.6 Å². The Hall–Kier alpha value is -3.76. The van der Waals surface area contributed by atoms with Crippen molar-refractivity contribution < 1.29 is 44.6 Å². The molecule has 4 rings (SSSR count). The van der Waals surface area contributed by atoms with Gasteiger partial charge in [0, 0.05) is 24.8 Å². The Kier molecular flexibility index (Phi) is 6.37. The van der Waals surface area contributed by atoms with E-state index in [1.165, 1.54) is 0 Å². The number of aromatic nitrogens is 5. The Labute approximate surface area is 201 Å². The molecule has 1 aliphatic heterocycles. The van der Waals surface area contributed by atoms with Gasteiger partial charge in [-0.1, -0.05) is 6.07 Å². The van der Waals surface area contributed by atoms with Crippen LogP contribution in [0.5, 0.6) is 0 Å². The van der Waals surface area contributed by atoms with E-state index < -0.39 is 71.9 Å². The summed E-state index contributed by atoms with van der Waals surface area (Å²) in [5.41, 5.74) is -6.35. The summed E-state index contributed by atoms with van der Waals surface area (Å²) in [5.74, 6) is -1.48. The van der Waals surface area contributed by atoms with Gasteiger partial charge in [0.25, 0.3) is 0 Å². The standard InChI is InChI=1S/C20H14F9N7O/c21-18(22,23)12-3-1-2-11(32-12)14-33-15(31-10-4-6-30-13(8-10)19(24,25)26)35-16(34-14)36-7-5-17(37,9-36)20(27,28)29/h1-4,6,8,37H,5,7,9H2,(H,30,31,33,34,35). The minimum atomic E-state index is -4.99. The fraction of sp³-hybridized carbons (Fsp3) is 0.350. The number of β-amino-alcohol motifs (C(OH)–C–C–N with tert-alkyl or cyclic N) is 1. The topological polar surface area (TPSA) is 100.0 Å². The summed E-state index contributed by atoms with van der Waals surface area (Å²) in [5, 5.41) is 12.4. The molecule has 1 aliphatic rings. The van der Waals surface area contributed by atoms with E-state index in [0.29, 0.717) is 12.1 Å². The van der Waals surface area contributed by atoms with Crippen LogP contribution in [0.3, 0.4) is 0 Å². The number of nitrogens with one attached hydrogen (secondary N) is 1. The first-order valence-electron chi connectivity index (χ1n) is 10.2. The molecule has 1 atom stereocenters. The van der Waals surface area contributed by atoms with Gasteiger partial charge in [-0.05, 0) is 24.3 Å². The van der Waals surface area contributed by atoms with Gasteiger partial charge in [0.2, 0.25) is 11.9 Å². The van der Waals surface area contributed by atoms with E-state index >= 15 is 0 Å². The monoisotopic (exact) mass is 539 g/mol. The zero-order valence-corrected chi connectivity index (χ0v) is 18.1. The zero-order chi connectivity index (χ0) is 27.2. The van der Waals surface area contributed by atoms with Crippen LogP contribution in [0.25, 0.3) is 11.5 Å². The van der Waals surface area contributed by atoms with Crippen molar-refractivity contribution in [2.24, 2.45) is 0 Å². The molecule has 4 heterocycles. The molecule has 198 valence electrons. The second kappa shape index (κ2) is 8.97. The Morgan fingerprint density at radius 1 is 0.865 bits per heavy atom. The third kappa shape index (κ3) is 5.65. The summed E-state index contributed by atoms with van der Waals surface area (Å²) in [6.07, 6.45) is -14.6. The lowest BCUT2D eigenvalue weighted by Gasteiger charge is -2.26. The third-order valence-corrected chi connectivity index (χ3v) is 5.26. The van der Waals surface area contributed by atoms with E-state index in [1.807, 2.05) is 0 Å². The Balaban J connectivity index is 1.77. The lowest BCUT2D eigenvalue weighted by Crippen LogP contribution is -2.47. The predicted molar refractivity (Wildman–Crippen MR) is 108 cm³/mol. The van der Waals surface area contributed by atoms with Crippen molar-refractivity contribution in [1.29, 1.82) is 0 Å². The molecule has 3 aromatic heterocycles. The van der Waals surface area contributed by atoms with Crippen molar-refractivity contribution >= 4 is 17.6 Å². The van der Waals surface area contributed by atoms with E-state index in [-0.39, 0.29) is 12.2 Å². The van der Waals surface area contributed by atoms with Gasteiger partial charge in [0.15, 0.2) is 11.4 Å². The van der Waals surface area contributed by atoms with Crippen LogP contribution in [-0.4, -0.2) is 54.9 Å². The van der Waals surface area contributed by atoms with Crippen molar-refractivity contribution in [2.45, 2.75) is 30.6 Å². The number of pyridine rings is 2. The number of hydrogen-bond donors (Lipinski definition) is 2. The molecule has 0 radical (unpaired) electrons. The molecule has 0 aliphatic carbocycles. The van der Waals surface area contributed by atoms with Crippen LogP contribution >= 0.6 is 0 Å². The average Bonchev–Trinajstić information content (AvgIpc) is 3.22. The highest BCUT2D eigenvalue weighted by Gasteiger charge is 2.57. The number of anilines is 3. The summed E-state index contributed by atoms with van der Waals surface area (Å²) < 4.78 is 118. The first-order valence-corrected chi connectivity index (χ1v) is 10.2. The molecule has 1 saturated heterocycles. The average molecular weight is 539 g/mol. The summed E-state index contributed by atoms with van der Waals surface area (Å²) in [6, 6.07) is 4.48. The second-order valence-electron chi connectivity index (χ2n) is 7.94. The first-order chi connectivity index (χ1) is 17.0. The maximum atomic E-state index is 13.3. The molecule has 3 aromatic rings. The second-order valence-corrected chi connectivity index (χ2v) is 7.94. The summed E-state index contributed by atoms with van der Waals surface area (Å²) in [6.45, 7) is -1.38. The van der Waals surface area contributed by atoms with Crippen LogP contribution in [0.4, 0.5) is 57.1 Å². The van der Waals surface area contributed by atoms with Gasteiger partial charge in [-0.15, -0.1) is 0 Å². The molecule has 0 saturated carbocycles. The molecular weight excluding hydrogens is 525 g/mol. The quantitative estimate of drug-likeness (QED) is 0.464.